The zero-order chi connectivity index (χ0) is 22.8. The number of ether oxygens (including phenoxy) is 2. The standard InChI is InChI=1S/C23H28ClNO5S/c1-16-21(28-3)14-19(15-22(16)29-4)23(27)25(11-12-31-30-17(2)26)10-6-8-18-7-5-9-20(24)13-18/h5,7,9,13-15H,6,8,10-12H2,1-4H3. The van der Waals surface area contributed by atoms with Gasteiger partial charge in [0.25, 0.3) is 5.91 Å². The topological polar surface area (TPSA) is 65.1 Å². The molecule has 31 heavy (non-hydrogen) atoms. The van der Waals surface area contributed by atoms with Gasteiger partial charge in [-0.05, 0) is 49.6 Å². The Labute approximate surface area is 193 Å². The van der Waals surface area contributed by atoms with Crippen LogP contribution in [0.4, 0.5) is 0 Å². The van der Waals surface area contributed by atoms with Crippen LogP contribution in [-0.2, 0) is 15.4 Å². The minimum atomic E-state index is -0.364. The van der Waals surface area contributed by atoms with E-state index in [-0.39, 0.29) is 11.9 Å². The van der Waals surface area contributed by atoms with E-state index in [1.54, 1.807) is 31.3 Å². The van der Waals surface area contributed by atoms with Crippen LogP contribution in [0.15, 0.2) is 36.4 Å². The van der Waals surface area contributed by atoms with Crippen molar-refractivity contribution in [2.24, 2.45) is 0 Å². The van der Waals surface area contributed by atoms with Gasteiger partial charge >= 0.3 is 5.97 Å². The molecule has 0 atom stereocenters. The van der Waals surface area contributed by atoms with Crippen molar-refractivity contribution in [3.63, 3.8) is 0 Å². The van der Waals surface area contributed by atoms with Crippen LogP contribution in [0.5, 0.6) is 11.5 Å². The van der Waals surface area contributed by atoms with Crippen molar-refractivity contribution in [2.75, 3.05) is 33.1 Å². The van der Waals surface area contributed by atoms with Crippen LogP contribution in [0, 0.1) is 6.92 Å². The summed E-state index contributed by atoms with van der Waals surface area (Å²) in [6.45, 7) is 4.21. The minimum absolute atomic E-state index is 0.133. The number of carbonyl (C=O) groups excluding carboxylic acids is 2. The van der Waals surface area contributed by atoms with Crippen LogP contribution in [0.25, 0.3) is 0 Å². The maximum atomic E-state index is 13.3. The number of carbonyl (C=O) groups is 2. The maximum absolute atomic E-state index is 13.3. The normalized spacial score (nSPS) is 10.5. The molecule has 2 aromatic rings. The number of rotatable bonds is 11. The SMILES string of the molecule is COc1cc(C(=O)N(CCCc2cccc(Cl)c2)CCSOC(C)=O)cc(OC)c1C. The number of hydrogen-bond donors (Lipinski definition) is 0. The zero-order valence-electron chi connectivity index (χ0n) is 18.3. The third-order valence-electron chi connectivity index (χ3n) is 4.69. The average Bonchev–Trinajstić information content (AvgIpc) is 2.75. The molecule has 0 unspecified atom stereocenters. The molecule has 8 heteroatoms. The number of hydrogen-bond acceptors (Lipinski definition) is 6. The summed E-state index contributed by atoms with van der Waals surface area (Å²) in [7, 11) is 3.13. The van der Waals surface area contributed by atoms with E-state index >= 15 is 0 Å². The average molecular weight is 466 g/mol. The van der Waals surface area contributed by atoms with Crippen LogP contribution in [0.1, 0.15) is 34.8 Å². The lowest BCUT2D eigenvalue weighted by molar-refractivity contribution is -0.130. The molecule has 0 aliphatic heterocycles. The van der Waals surface area contributed by atoms with Crippen molar-refractivity contribution in [1.29, 1.82) is 0 Å². The van der Waals surface area contributed by atoms with E-state index in [1.165, 1.54) is 6.92 Å². The molecule has 0 saturated heterocycles. The highest BCUT2D eigenvalue weighted by Crippen LogP contribution is 2.30. The third kappa shape index (κ3) is 7.67. The van der Waals surface area contributed by atoms with Crippen molar-refractivity contribution < 1.29 is 23.2 Å². The van der Waals surface area contributed by atoms with E-state index in [9.17, 15) is 9.59 Å². The smallest absolute Gasteiger partial charge is 0.314 e. The number of halogens is 1. The Kier molecular flexibility index (Phi) is 10.0. The van der Waals surface area contributed by atoms with E-state index in [4.69, 9.17) is 25.3 Å². The first-order valence-electron chi connectivity index (χ1n) is 9.92. The second-order valence-corrected chi connectivity index (χ2v) is 8.18. The molecule has 2 aromatic carbocycles. The molecule has 0 radical (unpaired) electrons. The van der Waals surface area contributed by atoms with Crippen LogP contribution >= 0.6 is 23.6 Å². The Balaban J connectivity index is 2.14. The van der Waals surface area contributed by atoms with E-state index in [2.05, 4.69) is 0 Å². The molecule has 0 aliphatic carbocycles. The van der Waals surface area contributed by atoms with E-state index in [0.29, 0.717) is 40.9 Å². The molecule has 2 rings (SSSR count). The highest BCUT2D eigenvalue weighted by molar-refractivity contribution is 7.95. The van der Waals surface area contributed by atoms with Crippen LogP contribution < -0.4 is 9.47 Å². The number of benzene rings is 2. The van der Waals surface area contributed by atoms with Crippen LogP contribution in [-0.4, -0.2) is 49.8 Å². The summed E-state index contributed by atoms with van der Waals surface area (Å²) in [5.74, 6) is 1.16. The monoisotopic (exact) mass is 465 g/mol. The summed E-state index contributed by atoms with van der Waals surface area (Å²) in [5.41, 5.74) is 2.44. The Hall–Kier alpha value is -2.38. The van der Waals surface area contributed by atoms with Gasteiger partial charge < -0.3 is 18.6 Å². The maximum Gasteiger partial charge on any atom is 0.314 e. The van der Waals surface area contributed by atoms with Gasteiger partial charge in [-0.1, -0.05) is 23.7 Å². The second kappa shape index (κ2) is 12.5. The summed E-state index contributed by atoms with van der Waals surface area (Å²) in [4.78, 5) is 26.1. The fourth-order valence-corrected chi connectivity index (χ4v) is 3.90. The van der Waals surface area contributed by atoms with Crippen molar-refractivity contribution in [1.82, 2.24) is 4.90 Å². The molecule has 0 spiro atoms. The molecular formula is C23H28ClNO5S. The van der Waals surface area contributed by atoms with Crippen LogP contribution in [0.3, 0.4) is 0 Å². The van der Waals surface area contributed by atoms with Gasteiger partial charge in [0, 0.05) is 41.9 Å². The lowest BCUT2D eigenvalue weighted by Gasteiger charge is -2.23. The molecule has 1 amide bonds. The zero-order valence-corrected chi connectivity index (χ0v) is 19.8. The molecule has 0 aliphatic rings. The first kappa shape index (κ1) is 24.9. The first-order chi connectivity index (χ1) is 14.8. The van der Waals surface area contributed by atoms with Crippen LogP contribution in [0.2, 0.25) is 5.02 Å². The van der Waals surface area contributed by atoms with E-state index in [0.717, 1.165) is 36.0 Å². The third-order valence-corrected chi connectivity index (χ3v) is 5.63. The number of aryl methyl sites for hydroxylation is 1. The van der Waals surface area contributed by atoms with Gasteiger partial charge in [0.1, 0.15) is 11.5 Å². The second-order valence-electron chi connectivity index (χ2n) is 6.93. The van der Waals surface area contributed by atoms with Gasteiger partial charge in [-0.3, -0.25) is 9.59 Å². The molecule has 0 saturated carbocycles. The van der Waals surface area contributed by atoms with Gasteiger partial charge in [0.15, 0.2) is 0 Å². The molecule has 6 nitrogen and oxygen atoms in total. The Morgan fingerprint density at radius 1 is 1.06 bits per heavy atom. The molecular weight excluding hydrogens is 438 g/mol. The van der Waals surface area contributed by atoms with Crippen molar-refractivity contribution >= 4 is 35.5 Å². The van der Waals surface area contributed by atoms with E-state index < -0.39 is 0 Å². The molecule has 0 bridgehead atoms. The molecule has 168 valence electrons. The van der Waals surface area contributed by atoms with Gasteiger partial charge in [-0.15, -0.1) is 0 Å². The lowest BCUT2D eigenvalue weighted by Crippen LogP contribution is -2.34. The van der Waals surface area contributed by atoms with Crippen molar-refractivity contribution in [3.05, 3.63) is 58.1 Å². The summed E-state index contributed by atoms with van der Waals surface area (Å²) in [5, 5.41) is 0.696. The van der Waals surface area contributed by atoms with Crippen molar-refractivity contribution in [2.45, 2.75) is 26.7 Å². The largest absolute Gasteiger partial charge is 0.496 e. The highest BCUT2D eigenvalue weighted by atomic mass is 35.5. The summed E-state index contributed by atoms with van der Waals surface area (Å²) >= 11 is 7.11. The molecule has 0 aromatic heterocycles. The Morgan fingerprint density at radius 3 is 2.32 bits per heavy atom. The van der Waals surface area contributed by atoms with Gasteiger partial charge in [-0.2, -0.15) is 0 Å². The Morgan fingerprint density at radius 2 is 1.74 bits per heavy atom. The fourth-order valence-electron chi connectivity index (χ4n) is 3.15. The summed E-state index contributed by atoms with van der Waals surface area (Å²) < 4.78 is 15.8. The predicted molar refractivity (Wildman–Crippen MR) is 124 cm³/mol. The molecule has 0 heterocycles. The highest BCUT2D eigenvalue weighted by Gasteiger charge is 2.19. The molecule has 0 N–H and O–H groups in total. The molecule has 0 fully saturated rings. The number of nitrogens with zero attached hydrogens (tertiary/aromatic N) is 1. The summed E-state index contributed by atoms with van der Waals surface area (Å²) in [6.07, 6.45) is 1.56. The number of methoxy groups -OCH3 is 2. The summed E-state index contributed by atoms with van der Waals surface area (Å²) in [6, 6.07) is 11.2. The predicted octanol–water partition coefficient (Wildman–Crippen LogP) is 4.95. The fraction of sp³-hybridized carbons (Fsp3) is 0.391. The van der Waals surface area contributed by atoms with Gasteiger partial charge in [0.05, 0.1) is 26.3 Å². The first-order valence-corrected chi connectivity index (χ1v) is 11.2. The Bertz CT molecular complexity index is 880. The van der Waals surface area contributed by atoms with Gasteiger partial charge in [-0.25, -0.2) is 0 Å². The number of amides is 1. The van der Waals surface area contributed by atoms with Gasteiger partial charge in [0.2, 0.25) is 0 Å². The lowest BCUT2D eigenvalue weighted by atomic mass is 10.1. The quantitative estimate of drug-likeness (QED) is 0.345. The minimum Gasteiger partial charge on any atom is -0.496 e. The van der Waals surface area contributed by atoms with E-state index in [1.807, 2.05) is 31.2 Å². The van der Waals surface area contributed by atoms with Crippen molar-refractivity contribution in [3.8, 4) is 11.5 Å².